The molecule has 3 fully saturated rings. The Balaban J connectivity index is 1.50. The molecule has 4 rings (SSSR count). The summed E-state index contributed by atoms with van der Waals surface area (Å²) in [5, 5.41) is 6.07. The Kier molecular flexibility index (Phi) is 3.32. The first-order chi connectivity index (χ1) is 11.2. The highest BCUT2D eigenvalue weighted by molar-refractivity contribution is 5.89. The Morgan fingerprint density at radius 1 is 1.25 bits per heavy atom. The summed E-state index contributed by atoms with van der Waals surface area (Å²) in [5.41, 5.74) is 0.647. The van der Waals surface area contributed by atoms with Gasteiger partial charge in [0, 0.05) is 56.8 Å². The first-order valence-electron chi connectivity index (χ1n) is 8.73. The van der Waals surface area contributed by atoms with Crippen molar-refractivity contribution in [2.24, 2.45) is 22.9 Å². The minimum atomic E-state index is -2.67. The van der Waals surface area contributed by atoms with E-state index >= 15 is 0 Å². The second-order valence-corrected chi connectivity index (χ2v) is 8.06. The maximum atomic E-state index is 13.1. The summed E-state index contributed by atoms with van der Waals surface area (Å²) < 4.78 is 26.1. The van der Waals surface area contributed by atoms with Gasteiger partial charge in [0.1, 0.15) is 0 Å². The minimum Gasteiger partial charge on any atom is -0.342 e. The smallest absolute Gasteiger partial charge is 0.249 e. The molecular formula is C17H23F2N3O2. The van der Waals surface area contributed by atoms with E-state index in [2.05, 4.69) is 5.10 Å². The van der Waals surface area contributed by atoms with E-state index in [1.54, 1.807) is 9.91 Å². The lowest BCUT2D eigenvalue weighted by Crippen LogP contribution is -2.51. The van der Waals surface area contributed by atoms with Crippen molar-refractivity contribution in [3.8, 4) is 0 Å². The second kappa shape index (κ2) is 4.99. The number of halogens is 2. The largest absolute Gasteiger partial charge is 0.342 e. The number of fused-ring (bicyclic) bond motifs is 2. The Labute approximate surface area is 140 Å². The molecule has 0 aromatic rings. The number of nitrogens with zero attached hydrogens (tertiary/aromatic N) is 3. The summed E-state index contributed by atoms with van der Waals surface area (Å²) in [7, 11) is 0. The third kappa shape index (κ3) is 2.19. The highest BCUT2D eigenvalue weighted by atomic mass is 19.3. The van der Waals surface area contributed by atoms with Crippen LogP contribution in [0.25, 0.3) is 0 Å². The van der Waals surface area contributed by atoms with Gasteiger partial charge < -0.3 is 4.90 Å². The predicted molar refractivity (Wildman–Crippen MR) is 83.4 cm³/mol. The van der Waals surface area contributed by atoms with Crippen molar-refractivity contribution in [3.05, 3.63) is 0 Å². The van der Waals surface area contributed by atoms with Gasteiger partial charge in [-0.3, -0.25) is 9.59 Å². The van der Waals surface area contributed by atoms with Crippen LogP contribution in [0.15, 0.2) is 5.10 Å². The van der Waals surface area contributed by atoms with Crippen molar-refractivity contribution in [1.82, 2.24) is 9.91 Å². The molecule has 2 aliphatic carbocycles. The molecular weight excluding hydrogens is 316 g/mol. The van der Waals surface area contributed by atoms with Gasteiger partial charge in [0.25, 0.3) is 0 Å². The molecule has 0 aromatic carbocycles. The topological polar surface area (TPSA) is 53.0 Å². The first kappa shape index (κ1) is 16.0. The third-order valence-electron chi connectivity index (χ3n) is 6.38. The average molecular weight is 339 g/mol. The Bertz CT molecular complexity index is 627. The van der Waals surface area contributed by atoms with E-state index in [-0.39, 0.29) is 36.1 Å². The lowest BCUT2D eigenvalue weighted by atomic mass is 9.80. The number of carbonyl (C=O) groups is 2. The van der Waals surface area contributed by atoms with Crippen LogP contribution in [-0.4, -0.2) is 52.0 Å². The molecule has 1 saturated heterocycles. The van der Waals surface area contributed by atoms with Crippen LogP contribution >= 0.6 is 0 Å². The van der Waals surface area contributed by atoms with Gasteiger partial charge in [-0.05, 0) is 25.7 Å². The van der Waals surface area contributed by atoms with E-state index in [0.29, 0.717) is 19.0 Å². The summed E-state index contributed by atoms with van der Waals surface area (Å²) in [6, 6.07) is 0. The molecule has 0 N–H and O–H groups in total. The molecule has 2 heterocycles. The second-order valence-electron chi connectivity index (χ2n) is 8.06. The zero-order valence-corrected chi connectivity index (χ0v) is 14.1. The molecule has 2 amide bonds. The summed E-state index contributed by atoms with van der Waals surface area (Å²) >= 11 is 0. The number of rotatable bonds is 1. The Hall–Kier alpha value is -1.53. The van der Waals surface area contributed by atoms with Gasteiger partial charge >= 0.3 is 0 Å². The monoisotopic (exact) mass is 339 g/mol. The molecule has 0 bridgehead atoms. The van der Waals surface area contributed by atoms with Gasteiger partial charge in [-0.15, -0.1) is 0 Å². The van der Waals surface area contributed by atoms with Crippen LogP contribution in [-0.2, 0) is 9.59 Å². The van der Waals surface area contributed by atoms with Gasteiger partial charge in [-0.2, -0.15) is 5.10 Å². The van der Waals surface area contributed by atoms with Gasteiger partial charge in [-0.1, -0.05) is 0 Å². The summed E-state index contributed by atoms with van der Waals surface area (Å²) in [6.07, 6.45) is 2.00. The first-order valence-corrected chi connectivity index (χ1v) is 8.73. The van der Waals surface area contributed by atoms with Crippen LogP contribution in [0.2, 0.25) is 0 Å². The van der Waals surface area contributed by atoms with Crippen LogP contribution in [0, 0.1) is 17.8 Å². The molecule has 1 spiro atoms. The van der Waals surface area contributed by atoms with Crippen molar-refractivity contribution in [2.45, 2.75) is 57.4 Å². The Morgan fingerprint density at radius 2 is 1.96 bits per heavy atom. The van der Waals surface area contributed by atoms with Crippen molar-refractivity contribution >= 4 is 17.5 Å². The van der Waals surface area contributed by atoms with Crippen LogP contribution in [0.5, 0.6) is 0 Å². The summed E-state index contributed by atoms with van der Waals surface area (Å²) in [6.45, 7) is 4.67. The number of alkyl halides is 2. The SMILES string of the molecule is CC(=O)N1N=C(C)CC12CCC1CN(C(=O)C3CC(F)(F)C3)CC12. The molecule has 132 valence electrons. The molecule has 3 unspecified atom stereocenters. The maximum absolute atomic E-state index is 13.1. The molecule has 24 heavy (non-hydrogen) atoms. The Morgan fingerprint density at radius 3 is 2.58 bits per heavy atom. The highest BCUT2D eigenvalue weighted by Crippen LogP contribution is 2.53. The number of carbonyl (C=O) groups excluding carboxylic acids is 2. The quantitative estimate of drug-likeness (QED) is 0.736. The fourth-order valence-electron chi connectivity index (χ4n) is 5.36. The van der Waals surface area contributed by atoms with Crippen molar-refractivity contribution in [2.75, 3.05) is 13.1 Å². The zero-order valence-electron chi connectivity index (χ0n) is 14.1. The van der Waals surface area contributed by atoms with E-state index < -0.39 is 11.8 Å². The average Bonchev–Trinajstić information content (AvgIpc) is 3.11. The van der Waals surface area contributed by atoms with E-state index in [1.807, 2.05) is 6.92 Å². The van der Waals surface area contributed by atoms with Gasteiger partial charge in [0.2, 0.25) is 17.7 Å². The number of hydrogen-bond donors (Lipinski definition) is 0. The van der Waals surface area contributed by atoms with Gasteiger partial charge in [0.05, 0.1) is 5.54 Å². The highest BCUT2D eigenvalue weighted by Gasteiger charge is 2.60. The molecule has 2 aliphatic heterocycles. The van der Waals surface area contributed by atoms with Gasteiger partial charge in [-0.25, -0.2) is 13.8 Å². The molecule has 4 aliphatic rings. The predicted octanol–water partition coefficient (Wildman–Crippen LogP) is 2.27. The van der Waals surface area contributed by atoms with E-state index in [4.69, 9.17) is 0 Å². The number of hydrogen-bond acceptors (Lipinski definition) is 3. The minimum absolute atomic E-state index is 0.0593. The van der Waals surface area contributed by atoms with Crippen LogP contribution < -0.4 is 0 Å². The maximum Gasteiger partial charge on any atom is 0.249 e. The summed E-state index contributed by atoms with van der Waals surface area (Å²) in [5.74, 6) is -2.84. The molecule has 5 nitrogen and oxygen atoms in total. The fraction of sp³-hybridized carbons (Fsp3) is 0.824. The summed E-state index contributed by atoms with van der Waals surface area (Å²) in [4.78, 5) is 26.3. The molecule has 0 radical (unpaired) electrons. The zero-order chi connectivity index (χ0) is 17.3. The van der Waals surface area contributed by atoms with E-state index in [1.165, 1.54) is 6.92 Å². The van der Waals surface area contributed by atoms with Crippen molar-refractivity contribution in [1.29, 1.82) is 0 Å². The van der Waals surface area contributed by atoms with Crippen LogP contribution in [0.3, 0.4) is 0 Å². The van der Waals surface area contributed by atoms with Crippen LogP contribution in [0.1, 0.15) is 46.0 Å². The van der Waals surface area contributed by atoms with Gasteiger partial charge in [0.15, 0.2) is 0 Å². The molecule has 3 atom stereocenters. The fourth-order valence-corrected chi connectivity index (χ4v) is 5.36. The van der Waals surface area contributed by atoms with E-state index in [9.17, 15) is 18.4 Å². The number of likely N-dealkylation sites (tertiary alicyclic amines) is 1. The number of hydrazone groups is 1. The standard InChI is InChI=1S/C17H23F2N3O2/c1-10-5-16(22(20-10)11(2)23)4-3-12-8-21(9-14(12)16)15(24)13-6-17(18,19)7-13/h12-14H,3-9H2,1-2H3. The lowest BCUT2D eigenvalue weighted by molar-refractivity contribution is -0.159. The van der Waals surface area contributed by atoms with E-state index in [0.717, 1.165) is 25.0 Å². The molecule has 7 heteroatoms. The third-order valence-corrected chi connectivity index (χ3v) is 6.38. The van der Waals surface area contributed by atoms with Crippen molar-refractivity contribution in [3.63, 3.8) is 0 Å². The van der Waals surface area contributed by atoms with Crippen molar-refractivity contribution < 1.29 is 18.4 Å². The lowest BCUT2D eigenvalue weighted by Gasteiger charge is -2.39. The number of amides is 2. The molecule has 0 aromatic heterocycles. The normalized spacial score (nSPS) is 37.6. The molecule has 2 saturated carbocycles. The van der Waals surface area contributed by atoms with Crippen LogP contribution in [0.4, 0.5) is 8.78 Å².